The second kappa shape index (κ2) is 8.66. The fraction of sp³-hybridized carbons (Fsp3) is 0.692. The van der Waals surface area contributed by atoms with E-state index in [1.54, 1.807) is 0 Å². The van der Waals surface area contributed by atoms with Crippen molar-refractivity contribution >= 4 is 29.1 Å². The van der Waals surface area contributed by atoms with Gasteiger partial charge in [-0.15, -0.1) is 0 Å². The number of nitro groups is 1. The lowest BCUT2D eigenvalue weighted by atomic mass is 10.2. The number of unbranched alkanes of at least 4 members (excludes halogenated alkanes) is 2. The molecule has 0 aliphatic heterocycles. The first-order valence-electron chi connectivity index (χ1n) is 7.10. The second-order valence-corrected chi connectivity index (χ2v) is 5.72. The maximum atomic E-state index is 11.4. The average Bonchev–Trinajstić information content (AvgIpc) is 2.42. The molecule has 1 aromatic heterocycles. The fourth-order valence-electron chi connectivity index (χ4n) is 1.78. The first-order chi connectivity index (χ1) is 9.99. The summed E-state index contributed by atoms with van der Waals surface area (Å²) in [6.45, 7) is 6.61. The Morgan fingerprint density at radius 1 is 1.29 bits per heavy atom. The van der Waals surface area contributed by atoms with Crippen molar-refractivity contribution in [1.82, 2.24) is 9.97 Å². The van der Waals surface area contributed by atoms with Crippen LogP contribution < -0.4 is 10.6 Å². The molecule has 1 heterocycles. The summed E-state index contributed by atoms with van der Waals surface area (Å²) in [5, 5.41) is 18.0. The van der Waals surface area contributed by atoms with Gasteiger partial charge in [-0.25, -0.2) is 0 Å². The van der Waals surface area contributed by atoms with Gasteiger partial charge in [-0.1, -0.05) is 31.5 Å². The summed E-state index contributed by atoms with van der Waals surface area (Å²) in [5.41, 5.74) is -0.0852. The van der Waals surface area contributed by atoms with Crippen molar-refractivity contribution in [3.05, 3.63) is 10.1 Å². The van der Waals surface area contributed by atoms with Crippen LogP contribution in [0.15, 0.2) is 5.16 Å². The first kappa shape index (κ1) is 17.5. The van der Waals surface area contributed by atoms with Crippen LogP contribution >= 0.6 is 11.8 Å². The van der Waals surface area contributed by atoms with E-state index < -0.39 is 4.92 Å². The minimum atomic E-state index is -0.434. The van der Waals surface area contributed by atoms with Crippen molar-refractivity contribution in [3.63, 3.8) is 0 Å². The summed E-state index contributed by atoms with van der Waals surface area (Å²) in [5.74, 6) is 0.561. The van der Waals surface area contributed by atoms with Gasteiger partial charge in [0.15, 0.2) is 5.16 Å². The van der Waals surface area contributed by atoms with Crippen LogP contribution in [0.25, 0.3) is 0 Å². The van der Waals surface area contributed by atoms with Crippen LogP contribution in [0.1, 0.15) is 40.0 Å². The lowest BCUT2D eigenvalue weighted by Gasteiger charge is -2.13. The number of hydrogen-bond donors (Lipinski definition) is 2. The number of nitrogens with one attached hydrogen (secondary N) is 2. The highest BCUT2D eigenvalue weighted by Gasteiger charge is 2.25. The minimum absolute atomic E-state index is 0.0567. The van der Waals surface area contributed by atoms with Crippen LogP contribution in [0.2, 0.25) is 0 Å². The van der Waals surface area contributed by atoms with E-state index in [1.807, 2.05) is 20.1 Å². The first-order valence-corrected chi connectivity index (χ1v) is 8.32. The van der Waals surface area contributed by atoms with Crippen LogP contribution in [0.3, 0.4) is 0 Å². The normalized spacial score (nSPS) is 10.7. The van der Waals surface area contributed by atoms with E-state index in [0.717, 1.165) is 19.3 Å². The van der Waals surface area contributed by atoms with Crippen molar-refractivity contribution in [2.24, 2.45) is 0 Å². The van der Waals surface area contributed by atoms with Gasteiger partial charge in [0.25, 0.3) is 0 Å². The zero-order valence-electron chi connectivity index (χ0n) is 13.0. The number of anilines is 2. The minimum Gasteiger partial charge on any atom is -0.364 e. The van der Waals surface area contributed by atoms with Gasteiger partial charge in [0.2, 0.25) is 11.6 Å². The van der Waals surface area contributed by atoms with Crippen LogP contribution in [-0.4, -0.2) is 33.7 Å². The molecule has 0 unspecified atom stereocenters. The molecule has 118 valence electrons. The monoisotopic (exact) mass is 313 g/mol. The van der Waals surface area contributed by atoms with E-state index in [9.17, 15) is 10.1 Å². The molecule has 21 heavy (non-hydrogen) atoms. The van der Waals surface area contributed by atoms with E-state index in [-0.39, 0.29) is 17.5 Å². The third-order valence-corrected chi connectivity index (χ3v) is 3.27. The molecular formula is C13H23N5O2S. The summed E-state index contributed by atoms with van der Waals surface area (Å²) in [4.78, 5) is 19.4. The molecule has 0 saturated carbocycles. The third kappa shape index (κ3) is 5.37. The van der Waals surface area contributed by atoms with Gasteiger partial charge in [0.05, 0.1) is 4.92 Å². The number of hydrogen-bond acceptors (Lipinski definition) is 7. The van der Waals surface area contributed by atoms with Crippen molar-refractivity contribution in [3.8, 4) is 0 Å². The van der Waals surface area contributed by atoms with Crippen molar-refractivity contribution in [2.45, 2.75) is 51.2 Å². The van der Waals surface area contributed by atoms with E-state index in [1.165, 1.54) is 11.8 Å². The number of thioether (sulfide) groups is 1. The summed E-state index contributed by atoms with van der Waals surface area (Å²) in [6, 6.07) is 0.0567. The van der Waals surface area contributed by atoms with E-state index >= 15 is 0 Å². The van der Waals surface area contributed by atoms with E-state index in [2.05, 4.69) is 27.5 Å². The molecule has 0 saturated heterocycles. The van der Waals surface area contributed by atoms with Crippen molar-refractivity contribution in [2.75, 3.05) is 23.4 Å². The molecule has 0 aliphatic carbocycles. The molecule has 0 aliphatic rings. The van der Waals surface area contributed by atoms with Crippen LogP contribution in [-0.2, 0) is 0 Å². The lowest BCUT2D eigenvalue weighted by molar-refractivity contribution is -0.383. The van der Waals surface area contributed by atoms with Crippen LogP contribution in [0, 0.1) is 10.1 Å². The Bertz CT molecular complexity index is 482. The van der Waals surface area contributed by atoms with Crippen molar-refractivity contribution in [1.29, 1.82) is 0 Å². The van der Waals surface area contributed by atoms with Crippen molar-refractivity contribution < 1.29 is 4.92 Å². The third-order valence-electron chi connectivity index (χ3n) is 2.73. The quantitative estimate of drug-likeness (QED) is 0.237. The van der Waals surface area contributed by atoms with Gasteiger partial charge >= 0.3 is 5.69 Å². The van der Waals surface area contributed by atoms with Crippen LogP contribution in [0.5, 0.6) is 0 Å². The molecule has 0 amide bonds. The zero-order chi connectivity index (χ0) is 15.8. The molecule has 0 spiro atoms. The Balaban J connectivity index is 3.09. The largest absolute Gasteiger partial charge is 0.364 e. The van der Waals surface area contributed by atoms with Gasteiger partial charge in [-0.05, 0) is 26.5 Å². The highest BCUT2D eigenvalue weighted by Crippen LogP contribution is 2.32. The predicted octanol–water partition coefficient (Wildman–Crippen LogP) is 3.53. The van der Waals surface area contributed by atoms with Gasteiger partial charge in [0.1, 0.15) is 0 Å². The predicted molar refractivity (Wildman–Crippen MR) is 87.2 cm³/mol. The number of rotatable bonds is 9. The Morgan fingerprint density at radius 3 is 2.48 bits per heavy atom. The standard InChI is InChI=1S/C13H23N5O2S/c1-5-6-7-8-14-11-10(18(19)20)12(15-9(2)3)17-13(16-11)21-4/h9H,5-8H2,1-4H3,(H2,14,15,16,17). The molecule has 0 bridgehead atoms. The van der Waals surface area contributed by atoms with Crippen LogP contribution in [0.4, 0.5) is 17.3 Å². The fourth-order valence-corrected chi connectivity index (χ4v) is 2.14. The van der Waals surface area contributed by atoms with E-state index in [0.29, 0.717) is 17.5 Å². The molecule has 0 fully saturated rings. The summed E-state index contributed by atoms with van der Waals surface area (Å²) >= 11 is 1.36. The molecule has 0 atom stereocenters. The van der Waals surface area contributed by atoms with E-state index in [4.69, 9.17) is 0 Å². The lowest BCUT2D eigenvalue weighted by Crippen LogP contribution is -2.16. The Hall–Kier alpha value is -1.57. The molecule has 2 N–H and O–H groups in total. The van der Waals surface area contributed by atoms with Gasteiger partial charge < -0.3 is 10.6 Å². The highest BCUT2D eigenvalue weighted by atomic mass is 32.2. The molecular weight excluding hydrogens is 290 g/mol. The zero-order valence-corrected chi connectivity index (χ0v) is 13.8. The van der Waals surface area contributed by atoms with Gasteiger partial charge in [-0.3, -0.25) is 10.1 Å². The molecule has 0 radical (unpaired) electrons. The molecule has 1 rings (SSSR count). The smallest absolute Gasteiger partial charge is 0.353 e. The average molecular weight is 313 g/mol. The number of nitrogens with zero attached hydrogens (tertiary/aromatic N) is 3. The maximum absolute atomic E-state index is 11.4. The van der Waals surface area contributed by atoms with Gasteiger partial charge in [0, 0.05) is 12.6 Å². The molecule has 0 aromatic carbocycles. The summed E-state index contributed by atoms with van der Waals surface area (Å²) < 4.78 is 0. The topological polar surface area (TPSA) is 93.0 Å². The highest BCUT2D eigenvalue weighted by molar-refractivity contribution is 7.98. The second-order valence-electron chi connectivity index (χ2n) is 4.95. The maximum Gasteiger partial charge on any atom is 0.353 e. The summed E-state index contributed by atoms with van der Waals surface area (Å²) in [6.07, 6.45) is 4.99. The Kier molecular flexibility index (Phi) is 7.21. The Morgan fingerprint density at radius 2 is 1.95 bits per heavy atom. The molecule has 8 heteroatoms. The Labute approximate surface area is 129 Å². The molecule has 7 nitrogen and oxygen atoms in total. The summed E-state index contributed by atoms with van der Waals surface area (Å²) in [7, 11) is 0. The number of aromatic nitrogens is 2. The van der Waals surface area contributed by atoms with Gasteiger partial charge in [-0.2, -0.15) is 9.97 Å². The SMILES string of the molecule is CCCCCNc1nc(SC)nc(NC(C)C)c1[N+](=O)[O-]. The molecule has 1 aromatic rings.